The molecule has 0 spiro atoms. The number of nitro benzene ring substituents is 1. The number of nitrogens with zero attached hydrogens (tertiary/aromatic N) is 3. The summed E-state index contributed by atoms with van der Waals surface area (Å²) in [5.74, 6) is -0.543. The minimum atomic E-state index is -4.48. The molecule has 1 amide bonds. The largest absolute Gasteiger partial charge is 0.416 e. The summed E-state index contributed by atoms with van der Waals surface area (Å²) in [4.78, 5) is 30.1. The summed E-state index contributed by atoms with van der Waals surface area (Å²) in [6, 6.07) is 12.3. The third-order valence-electron chi connectivity index (χ3n) is 5.56. The number of amides is 1. The van der Waals surface area contributed by atoms with Gasteiger partial charge < -0.3 is 15.0 Å². The van der Waals surface area contributed by atoms with Crippen molar-refractivity contribution in [3.05, 3.63) is 87.6 Å². The third kappa shape index (κ3) is 8.51. The Bertz CT molecular complexity index is 1250. The number of rotatable bonds is 6. The molecule has 2 aromatic carbocycles. The van der Waals surface area contributed by atoms with Gasteiger partial charge in [0.15, 0.2) is 0 Å². The second-order valence-corrected chi connectivity index (χ2v) is 7.87. The van der Waals surface area contributed by atoms with Gasteiger partial charge >= 0.3 is 6.18 Å². The first-order valence-electron chi connectivity index (χ1n) is 12.7. The van der Waals surface area contributed by atoms with E-state index in [0.29, 0.717) is 26.3 Å². The molecule has 8 nitrogen and oxygen atoms in total. The molecule has 1 N–H and O–H groups in total. The zero-order chi connectivity index (χ0) is 29.0. The minimum Gasteiger partial charge on any atom is -0.378 e. The van der Waals surface area contributed by atoms with Crippen molar-refractivity contribution in [2.45, 2.75) is 40.4 Å². The van der Waals surface area contributed by atoms with Gasteiger partial charge in [0.05, 0.1) is 35.0 Å². The topological polar surface area (TPSA) is 97.6 Å². The number of halogens is 3. The van der Waals surface area contributed by atoms with E-state index in [1.165, 1.54) is 36.5 Å². The van der Waals surface area contributed by atoms with Crippen molar-refractivity contribution in [2.24, 2.45) is 0 Å². The van der Waals surface area contributed by atoms with Crippen LogP contribution in [-0.2, 0) is 17.5 Å². The van der Waals surface area contributed by atoms with E-state index < -0.39 is 22.6 Å². The highest BCUT2D eigenvalue weighted by atomic mass is 19.4. The fourth-order valence-corrected chi connectivity index (χ4v) is 3.77. The monoisotopic (exact) mass is 546 g/mol. The maximum atomic E-state index is 12.9. The summed E-state index contributed by atoms with van der Waals surface area (Å²) < 4.78 is 44.1. The lowest BCUT2D eigenvalue weighted by atomic mass is 10.0. The maximum Gasteiger partial charge on any atom is 0.416 e. The quantitative estimate of drug-likeness (QED) is 0.280. The van der Waals surface area contributed by atoms with Crippen LogP contribution in [0.5, 0.6) is 0 Å². The lowest BCUT2D eigenvalue weighted by molar-refractivity contribution is -0.384. The Kier molecular flexibility index (Phi) is 11.9. The van der Waals surface area contributed by atoms with E-state index in [2.05, 4.69) is 10.3 Å². The van der Waals surface area contributed by atoms with Crippen LogP contribution in [0.3, 0.4) is 0 Å². The number of nitro groups is 1. The highest BCUT2D eigenvalue weighted by Gasteiger charge is 2.30. The third-order valence-corrected chi connectivity index (χ3v) is 5.56. The summed E-state index contributed by atoms with van der Waals surface area (Å²) in [6.45, 7) is 10.3. The lowest BCUT2D eigenvalue weighted by Gasteiger charge is -2.29. The smallest absolute Gasteiger partial charge is 0.378 e. The zero-order valence-corrected chi connectivity index (χ0v) is 22.4. The van der Waals surface area contributed by atoms with Crippen LogP contribution in [-0.4, -0.2) is 42.1 Å². The van der Waals surface area contributed by atoms with Crippen LogP contribution in [0.15, 0.2) is 60.8 Å². The molecule has 0 unspecified atom stereocenters. The molecule has 39 heavy (non-hydrogen) atoms. The molecule has 2 heterocycles. The number of ether oxygens (including phenoxy) is 1. The van der Waals surface area contributed by atoms with Crippen LogP contribution in [0.25, 0.3) is 11.3 Å². The molecule has 4 rings (SSSR count). The van der Waals surface area contributed by atoms with Crippen molar-refractivity contribution in [1.29, 1.82) is 0 Å². The Hall–Kier alpha value is -3.99. The number of benzene rings is 2. The molecule has 1 aliphatic heterocycles. The number of aromatic nitrogens is 1. The van der Waals surface area contributed by atoms with Gasteiger partial charge in [-0.1, -0.05) is 39.8 Å². The van der Waals surface area contributed by atoms with E-state index in [-0.39, 0.29) is 34.6 Å². The molecule has 0 atom stereocenters. The van der Waals surface area contributed by atoms with Crippen molar-refractivity contribution < 1.29 is 27.6 Å². The van der Waals surface area contributed by atoms with Crippen LogP contribution in [0, 0.1) is 10.1 Å². The fourth-order valence-electron chi connectivity index (χ4n) is 3.77. The van der Waals surface area contributed by atoms with Gasteiger partial charge in [0, 0.05) is 43.1 Å². The van der Waals surface area contributed by atoms with Crippen molar-refractivity contribution in [3.63, 3.8) is 0 Å². The van der Waals surface area contributed by atoms with Gasteiger partial charge in [-0.3, -0.25) is 19.9 Å². The van der Waals surface area contributed by atoms with Gasteiger partial charge in [0.2, 0.25) is 0 Å². The first-order valence-corrected chi connectivity index (χ1v) is 12.7. The molecule has 210 valence electrons. The Balaban J connectivity index is 0.00000127. The van der Waals surface area contributed by atoms with E-state index in [1.54, 1.807) is 12.1 Å². The highest BCUT2D eigenvalue weighted by Crippen LogP contribution is 2.33. The van der Waals surface area contributed by atoms with Crippen LogP contribution >= 0.6 is 0 Å². The number of hydrogen-bond donors (Lipinski definition) is 1. The summed E-state index contributed by atoms with van der Waals surface area (Å²) >= 11 is 0. The highest BCUT2D eigenvalue weighted by molar-refractivity contribution is 5.95. The average Bonchev–Trinajstić information content (AvgIpc) is 2.98. The number of alkyl halides is 3. The molecular weight excluding hydrogens is 513 g/mol. The molecule has 0 saturated carbocycles. The number of anilines is 1. The number of morpholine rings is 1. The Labute approximate surface area is 226 Å². The van der Waals surface area contributed by atoms with E-state index in [0.717, 1.165) is 17.8 Å². The average molecular weight is 547 g/mol. The molecule has 1 fully saturated rings. The van der Waals surface area contributed by atoms with E-state index >= 15 is 0 Å². The molecule has 0 bridgehead atoms. The summed E-state index contributed by atoms with van der Waals surface area (Å²) in [5.41, 5.74) is 0.767. The van der Waals surface area contributed by atoms with Crippen LogP contribution < -0.4 is 10.2 Å². The molecule has 1 aliphatic rings. The molecule has 1 aromatic heterocycles. The van der Waals surface area contributed by atoms with Crippen molar-refractivity contribution in [2.75, 3.05) is 31.2 Å². The Morgan fingerprint density at radius 3 is 2.38 bits per heavy atom. The van der Waals surface area contributed by atoms with E-state index in [4.69, 9.17) is 4.74 Å². The predicted molar refractivity (Wildman–Crippen MR) is 145 cm³/mol. The predicted octanol–water partition coefficient (Wildman–Crippen LogP) is 6.49. The van der Waals surface area contributed by atoms with Gasteiger partial charge in [-0.05, 0) is 42.0 Å². The first kappa shape index (κ1) is 31.2. The molecule has 3 aromatic rings. The minimum absolute atomic E-state index is 0.118. The number of nitrogens with one attached hydrogen (secondary N) is 1. The number of pyridine rings is 1. The second-order valence-electron chi connectivity index (χ2n) is 7.87. The normalized spacial score (nSPS) is 12.8. The van der Waals surface area contributed by atoms with Crippen molar-refractivity contribution in [1.82, 2.24) is 10.3 Å². The van der Waals surface area contributed by atoms with Crippen molar-refractivity contribution in [3.8, 4) is 11.3 Å². The number of carbonyl (C=O) groups excluding carboxylic acids is 1. The van der Waals surface area contributed by atoms with Gasteiger partial charge in [0.25, 0.3) is 11.6 Å². The summed E-state index contributed by atoms with van der Waals surface area (Å²) in [7, 11) is 0. The SMILES string of the molecule is CC.CC.O=C(NCc1cccc(C(F)(F)F)c1)c1ccnc(-c2cc(N3CCOCC3)ccc2[N+](=O)[O-])c1. The summed E-state index contributed by atoms with van der Waals surface area (Å²) in [6.07, 6.45) is -3.12. The Morgan fingerprint density at radius 1 is 1.05 bits per heavy atom. The molecule has 0 aliphatic carbocycles. The molecule has 1 saturated heterocycles. The fraction of sp³-hybridized carbons (Fsp3) is 0.357. The van der Waals surface area contributed by atoms with Gasteiger partial charge in [-0.15, -0.1) is 0 Å². The number of carbonyl (C=O) groups is 1. The van der Waals surface area contributed by atoms with Crippen LogP contribution in [0.1, 0.15) is 49.2 Å². The molecule has 11 heteroatoms. The van der Waals surface area contributed by atoms with Gasteiger partial charge in [-0.25, -0.2) is 0 Å². The zero-order valence-electron chi connectivity index (χ0n) is 22.4. The maximum absolute atomic E-state index is 12.9. The van der Waals surface area contributed by atoms with Crippen molar-refractivity contribution >= 4 is 17.3 Å². The Morgan fingerprint density at radius 2 is 1.74 bits per heavy atom. The second kappa shape index (κ2) is 14.8. The molecule has 0 radical (unpaired) electrons. The number of hydrogen-bond acceptors (Lipinski definition) is 6. The van der Waals surface area contributed by atoms with Crippen LogP contribution in [0.4, 0.5) is 24.5 Å². The van der Waals surface area contributed by atoms with E-state index in [1.807, 2.05) is 32.6 Å². The lowest BCUT2D eigenvalue weighted by Crippen LogP contribution is -2.36. The summed E-state index contributed by atoms with van der Waals surface area (Å²) in [5, 5.41) is 14.2. The molecular formula is C28H33F3N4O4. The van der Waals surface area contributed by atoms with Gasteiger partial charge in [-0.2, -0.15) is 13.2 Å². The first-order chi connectivity index (χ1) is 18.7. The standard InChI is InChI=1S/C24H21F3N4O4.2C2H6/c25-24(26,27)18-3-1-2-16(12-18)15-29-23(32)17-6-7-28-21(13-17)20-14-19(4-5-22(20)31(33)34)30-8-10-35-11-9-30;2*1-2/h1-7,12-14H,8-11,15H2,(H,29,32);2*1-2H3. The van der Waals surface area contributed by atoms with E-state index in [9.17, 15) is 28.1 Å². The van der Waals surface area contributed by atoms with Crippen LogP contribution in [0.2, 0.25) is 0 Å². The van der Waals surface area contributed by atoms with Gasteiger partial charge in [0.1, 0.15) is 0 Å².